The van der Waals surface area contributed by atoms with E-state index in [4.69, 9.17) is 16.9 Å². The molecule has 1 amide bonds. The average Bonchev–Trinajstić information content (AvgIpc) is 2.24. The van der Waals surface area contributed by atoms with Crippen molar-refractivity contribution in [3.63, 3.8) is 0 Å². The molecule has 0 aliphatic rings. The molecule has 0 fully saturated rings. The van der Waals surface area contributed by atoms with Gasteiger partial charge in [0.15, 0.2) is 0 Å². The van der Waals surface area contributed by atoms with Crippen LogP contribution in [-0.2, 0) is 11.2 Å². The van der Waals surface area contributed by atoms with E-state index in [9.17, 15) is 4.79 Å². The molecule has 1 aromatic carbocycles. The normalized spacial score (nSPS) is 12.6. The predicted molar refractivity (Wildman–Crippen MR) is 72.2 cm³/mol. The molecule has 0 heterocycles. The molecule has 1 rings (SSSR count). The van der Waals surface area contributed by atoms with E-state index in [1.165, 1.54) is 0 Å². The van der Waals surface area contributed by atoms with Gasteiger partial charge in [-0.1, -0.05) is 44.5 Å². The third kappa shape index (κ3) is 4.38. The largest absolute Gasteiger partial charge is 0.340 e. The van der Waals surface area contributed by atoms with Crippen LogP contribution in [0.2, 0.25) is 5.02 Å². The number of rotatable bonds is 3. The van der Waals surface area contributed by atoms with Crippen LogP contribution >= 0.6 is 11.6 Å². The van der Waals surface area contributed by atoms with Crippen LogP contribution in [0.25, 0.3) is 0 Å². The molecular weight excluding hydrogens is 248 g/mol. The molecule has 0 radical (unpaired) electrons. The molecule has 1 aromatic rings. The van der Waals surface area contributed by atoms with E-state index in [1.807, 2.05) is 26.8 Å². The molecule has 0 spiro atoms. The summed E-state index contributed by atoms with van der Waals surface area (Å²) in [4.78, 5) is 11.8. The predicted octanol–water partition coefficient (Wildman–Crippen LogP) is 2.94. The van der Waals surface area contributed by atoms with Crippen molar-refractivity contribution in [1.29, 1.82) is 5.26 Å². The van der Waals surface area contributed by atoms with Gasteiger partial charge in [-0.3, -0.25) is 4.79 Å². The molecule has 0 aliphatic carbocycles. The zero-order valence-corrected chi connectivity index (χ0v) is 11.6. The van der Waals surface area contributed by atoms with Gasteiger partial charge in [-0.2, -0.15) is 5.26 Å². The smallest absolute Gasteiger partial charge is 0.225 e. The molecule has 96 valence electrons. The van der Waals surface area contributed by atoms with E-state index in [1.54, 1.807) is 18.2 Å². The highest BCUT2D eigenvalue weighted by atomic mass is 35.5. The van der Waals surface area contributed by atoms with Crippen molar-refractivity contribution < 1.29 is 4.79 Å². The van der Waals surface area contributed by atoms with Crippen molar-refractivity contribution in [2.75, 3.05) is 0 Å². The molecule has 1 N–H and O–H groups in total. The number of halogens is 1. The highest BCUT2D eigenvalue weighted by molar-refractivity contribution is 6.30. The maximum Gasteiger partial charge on any atom is 0.225 e. The lowest BCUT2D eigenvalue weighted by atomic mass is 9.87. The highest BCUT2D eigenvalue weighted by Crippen LogP contribution is 2.18. The monoisotopic (exact) mass is 264 g/mol. The maximum absolute atomic E-state index is 11.8. The van der Waals surface area contributed by atoms with Crippen molar-refractivity contribution in [2.45, 2.75) is 33.2 Å². The van der Waals surface area contributed by atoms with Crippen molar-refractivity contribution in [3.8, 4) is 6.07 Å². The fourth-order valence-corrected chi connectivity index (χ4v) is 1.70. The van der Waals surface area contributed by atoms with Crippen LogP contribution in [0.4, 0.5) is 0 Å². The average molecular weight is 265 g/mol. The molecule has 1 atom stereocenters. The molecule has 18 heavy (non-hydrogen) atoms. The summed E-state index contributed by atoms with van der Waals surface area (Å²) < 4.78 is 0. The third-order valence-corrected chi connectivity index (χ3v) is 2.79. The summed E-state index contributed by atoms with van der Waals surface area (Å²) in [7, 11) is 0. The molecule has 0 saturated carbocycles. The zero-order chi connectivity index (χ0) is 13.8. The van der Waals surface area contributed by atoms with Crippen LogP contribution < -0.4 is 5.32 Å². The Morgan fingerprint density at radius 1 is 1.50 bits per heavy atom. The van der Waals surface area contributed by atoms with Crippen LogP contribution in [0.3, 0.4) is 0 Å². The lowest BCUT2D eigenvalue weighted by Crippen LogP contribution is -2.43. The number of nitrogens with one attached hydrogen (secondary N) is 1. The molecule has 0 aromatic heterocycles. The van der Waals surface area contributed by atoms with Gasteiger partial charge < -0.3 is 5.32 Å². The standard InChI is InChI=1S/C14H17ClN2O/c1-14(2,3)12(9-16)17-13(18)8-10-5-4-6-11(15)7-10/h4-7,12H,8H2,1-3H3,(H,17,18)/t12-/m0/s1. The number of hydrogen-bond acceptors (Lipinski definition) is 2. The molecule has 0 aliphatic heterocycles. The van der Waals surface area contributed by atoms with E-state index in [-0.39, 0.29) is 17.7 Å². The fraction of sp³-hybridized carbons (Fsp3) is 0.429. The Balaban J connectivity index is 2.65. The maximum atomic E-state index is 11.8. The summed E-state index contributed by atoms with van der Waals surface area (Å²) in [5.74, 6) is -0.168. The van der Waals surface area contributed by atoms with Gasteiger partial charge in [-0.05, 0) is 23.1 Å². The number of nitrogens with zero attached hydrogens (tertiary/aromatic N) is 1. The van der Waals surface area contributed by atoms with Gasteiger partial charge >= 0.3 is 0 Å². The van der Waals surface area contributed by atoms with Gasteiger partial charge in [0.1, 0.15) is 6.04 Å². The van der Waals surface area contributed by atoms with Crippen LogP contribution in [0.5, 0.6) is 0 Å². The van der Waals surface area contributed by atoms with E-state index < -0.39 is 6.04 Å². The van der Waals surface area contributed by atoms with Crippen molar-refractivity contribution in [3.05, 3.63) is 34.9 Å². The molecule has 3 nitrogen and oxygen atoms in total. The molecule has 4 heteroatoms. The summed E-state index contributed by atoms with van der Waals surface area (Å²) >= 11 is 5.85. The summed E-state index contributed by atoms with van der Waals surface area (Å²) in [6, 6.07) is 8.76. The first-order chi connectivity index (χ1) is 8.32. The van der Waals surface area contributed by atoms with Crippen LogP contribution in [-0.4, -0.2) is 11.9 Å². The van der Waals surface area contributed by atoms with E-state index in [0.29, 0.717) is 5.02 Å². The number of benzene rings is 1. The molecular formula is C14H17ClN2O. The highest BCUT2D eigenvalue weighted by Gasteiger charge is 2.25. The lowest BCUT2D eigenvalue weighted by Gasteiger charge is -2.25. The third-order valence-electron chi connectivity index (χ3n) is 2.55. The minimum Gasteiger partial charge on any atom is -0.340 e. The second-order valence-electron chi connectivity index (χ2n) is 5.30. The molecule has 0 bridgehead atoms. The Kier molecular flexibility index (Phi) is 4.75. The minimum atomic E-state index is -0.496. The quantitative estimate of drug-likeness (QED) is 0.913. The van der Waals surface area contributed by atoms with Crippen LogP contribution in [0.1, 0.15) is 26.3 Å². The van der Waals surface area contributed by atoms with Gasteiger partial charge in [0.2, 0.25) is 5.91 Å². The van der Waals surface area contributed by atoms with Crippen molar-refractivity contribution in [2.24, 2.45) is 5.41 Å². The van der Waals surface area contributed by atoms with Crippen LogP contribution in [0, 0.1) is 16.7 Å². The topological polar surface area (TPSA) is 52.9 Å². The number of hydrogen-bond donors (Lipinski definition) is 1. The Labute approximate surface area is 113 Å². The Morgan fingerprint density at radius 2 is 2.17 bits per heavy atom. The van der Waals surface area contributed by atoms with E-state index >= 15 is 0 Å². The first kappa shape index (κ1) is 14.5. The van der Waals surface area contributed by atoms with Gasteiger partial charge in [0.25, 0.3) is 0 Å². The summed E-state index contributed by atoms with van der Waals surface area (Å²) in [6.07, 6.45) is 0.231. The summed E-state index contributed by atoms with van der Waals surface area (Å²) in [5.41, 5.74) is 0.559. The number of amides is 1. The summed E-state index contributed by atoms with van der Waals surface area (Å²) in [6.45, 7) is 5.75. The van der Waals surface area contributed by atoms with E-state index in [0.717, 1.165) is 5.56 Å². The number of nitriles is 1. The second-order valence-corrected chi connectivity index (χ2v) is 5.74. The van der Waals surface area contributed by atoms with Gasteiger partial charge in [-0.25, -0.2) is 0 Å². The molecule has 0 saturated heterocycles. The Hall–Kier alpha value is -1.53. The zero-order valence-electron chi connectivity index (χ0n) is 10.8. The van der Waals surface area contributed by atoms with Crippen molar-refractivity contribution in [1.82, 2.24) is 5.32 Å². The molecule has 0 unspecified atom stereocenters. The number of carbonyl (C=O) groups excluding carboxylic acids is 1. The van der Waals surface area contributed by atoms with Gasteiger partial charge in [-0.15, -0.1) is 0 Å². The Morgan fingerprint density at radius 3 is 2.67 bits per heavy atom. The van der Waals surface area contributed by atoms with E-state index in [2.05, 4.69) is 11.4 Å². The SMILES string of the molecule is CC(C)(C)[C@H](C#N)NC(=O)Cc1cccc(Cl)c1. The van der Waals surface area contributed by atoms with Gasteiger partial charge in [0.05, 0.1) is 12.5 Å². The first-order valence-electron chi connectivity index (χ1n) is 5.76. The first-order valence-corrected chi connectivity index (χ1v) is 6.14. The number of carbonyl (C=O) groups is 1. The minimum absolute atomic E-state index is 0.168. The summed E-state index contributed by atoms with van der Waals surface area (Å²) in [5, 5.41) is 12.4. The van der Waals surface area contributed by atoms with Crippen molar-refractivity contribution >= 4 is 17.5 Å². The second kappa shape index (κ2) is 5.88. The van der Waals surface area contributed by atoms with Gasteiger partial charge in [0, 0.05) is 5.02 Å². The fourth-order valence-electron chi connectivity index (χ4n) is 1.49. The lowest BCUT2D eigenvalue weighted by molar-refractivity contribution is -0.121. The Bertz CT molecular complexity index is 471. The van der Waals surface area contributed by atoms with Crippen LogP contribution in [0.15, 0.2) is 24.3 Å².